The highest BCUT2D eigenvalue weighted by atomic mass is 35.5. The number of halogens is 1. The molecule has 138 valence electrons. The molecule has 1 aromatic heterocycles. The van der Waals surface area contributed by atoms with Crippen LogP contribution < -0.4 is 5.43 Å². The van der Waals surface area contributed by atoms with Crippen LogP contribution in [0, 0.1) is 0 Å². The van der Waals surface area contributed by atoms with Crippen molar-refractivity contribution in [2.45, 2.75) is 11.7 Å². The summed E-state index contributed by atoms with van der Waals surface area (Å²) in [6.45, 7) is 0.429. The van der Waals surface area contributed by atoms with Crippen molar-refractivity contribution >= 4 is 26.5 Å². The highest BCUT2D eigenvalue weighted by Crippen LogP contribution is 2.26. The van der Waals surface area contributed by atoms with Gasteiger partial charge in [-0.15, -0.1) is 10.2 Å². The van der Waals surface area contributed by atoms with Gasteiger partial charge in [-0.1, -0.05) is 41.9 Å². The second-order valence-corrected chi connectivity index (χ2v) is 8.42. The van der Waals surface area contributed by atoms with Crippen LogP contribution in [0.1, 0.15) is 17.4 Å². The van der Waals surface area contributed by atoms with Crippen molar-refractivity contribution in [1.82, 2.24) is 15.6 Å². The lowest BCUT2D eigenvalue weighted by atomic mass is 10.0. The van der Waals surface area contributed by atoms with Gasteiger partial charge in [0, 0.05) is 17.1 Å². The monoisotopic (exact) mass is 402 g/mol. The number of benzene rings is 2. The summed E-state index contributed by atoms with van der Waals surface area (Å²) < 4.78 is 31.2. The summed E-state index contributed by atoms with van der Waals surface area (Å²) in [4.78, 5) is 0. The minimum atomic E-state index is -3.72. The number of nitrogens with zero attached hydrogens (tertiary/aromatic N) is 3. The highest BCUT2D eigenvalue weighted by Gasteiger charge is 2.34. The molecule has 3 aromatic rings. The van der Waals surface area contributed by atoms with Crippen molar-refractivity contribution in [2.24, 2.45) is 5.10 Å². The molecule has 0 aliphatic carbocycles. The number of rotatable bonds is 4. The molecular weight excluding hydrogens is 388 g/mol. The van der Waals surface area contributed by atoms with Crippen molar-refractivity contribution in [3.8, 4) is 11.5 Å². The maximum atomic E-state index is 12.9. The van der Waals surface area contributed by atoms with Gasteiger partial charge in [0.15, 0.2) is 5.04 Å². The zero-order valence-electron chi connectivity index (χ0n) is 14.0. The lowest BCUT2D eigenvalue weighted by Gasteiger charge is -2.11. The van der Waals surface area contributed by atoms with Crippen LogP contribution in [0.25, 0.3) is 11.5 Å². The van der Waals surface area contributed by atoms with Gasteiger partial charge in [0.2, 0.25) is 21.6 Å². The fourth-order valence-corrected chi connectivity index (χ4v) is 4.44. The van der Waals surface area contributed by atoms with E-state index in [1.807, 2.05) is 30.3 Å². The van der Waals surface area contributed by atoms with Crippen LogP contribution >= 0.6 is 11.6 Å². The molecule has 0 saturated heterocycles. The third-order valence-electron chi connectivity index (χ3n) is 4.17. The molecule has 7 nitrogen and oxygen atoms in total. The number of hydrazone groups is 1. The van der Waals surface area contributed by atoms with Crippen molar-refractivity contribution in [3.63, 3.8) is 0 Å². The topological polar surface area (TPSA) is 97.5 Å². The normalized spacial score (nSPS) is 16.8. The Morgan fingerprint density at radius 1 is 1.07 bits per heavy atom. The first kappa shape index (κ1) is 17.7. The minimum absolute atomic E-state index is 0.0151. The molecule has 2 aromatic carbocycles. The standard InChI is InChI=1S/C18H15ClN4O3S/c19-14-8-6-13(7-9-14)17-22-21-16(26-17)11-27(24,25)18-15(10-20-23-18)12-4-2-1-3-5-12/h1-9,15,20H,10-11H2. The molecule has 1 atom stereocenters. The van der Waals surface area contributed by atoms with Gasteiger partial charge in [-0.3, -0.25) is 0 Å². The molecule has 0 radical (unpaired) electrons. The molecule has 1 unspecified atom stereocenters. The maximum Gasteiger partial charge on any atom is 0.247 e. The third kappa shape index (κ3) is 3.72. The molecule has 0 amide bonds. The average molecular weight is 403 g/mol. The van der Waals surface area contributed by atoms with Crippen LogP contribution in [0.2, 0.25) is 5.02 Å². The summed E-state index contributed by atoms with van der Waals surface area (Å²) in [5.41, 5.74) is 4.33. The Labute approximate surface area is 161 Å². The van der Waals surface area contributed by atoms with E-state index in [1.165, 1.54) is 0 Å². The quantitative estimate of drug-likeness (QED) is 0.720. The summed E-state index contributed by atoms with van der Waals surface area (Å²) in [6, 6.07) is 16.2. The molecule has 4 rings (SSSR count). The van der Waals surface area contributed by atoms with Crippen LogP contribution in [0.5, 0.6) is 0 Å². The van der Waals surface area contributed by atoms with E-state index in [0.717, 1.165) is 5.56 Å². The molecule has 0 spiro atoms. The van der Waals surface area contributed by atoms with Gasteiger partial charge in [0.25, 0.3) is 0 Å². The van der Waals surface area contributed by atoms with E-state index in [4.69, 9.17) is 16.0 Å². The van der Waals surface area contributed by atoms with Crippen LogP contribution in [0.15, 0.2) is 64.1 Å². The summed E-state index contributed by atoms with van der Waals surface area (Å²) in [5, 5.41) is 12.5. The summed E-state index contributed by atoms with van der Waals surface area (Å²) in [6.07, 6.45) is 0. The fraction of sp³-hybridized carbons (Fsp3) is 0.167. The third-order valence-corrected chi connectivity index (χ3v) is 6.07. The van der Waals surface area contributed by atoms with Crippen molar-refractivity contribution in [2.75, 3.05) is 6.54 Å². The Morgan fingerprint density at radius 3 is 2.56 bits per heavy atom. The predicted molar refractivity (Wildman–Crippen MR) is 102 cm³/mol. The van der Waals surface area contributed by atoms with Gasteiger partial charge >= 0.3 is 0 Å². The van der Waals surface area contributed by atoms with Gasteiger partial charge in [0.1, 0.15) is 5.75 Å². The second kappa shape index (κ2) is 7.13. The molecular formula is C18H15ClN4O3S. The van der Waals surface area contributed by atoms with Crippen LogP contribution in [-0.2, 0) is 15.6 Å². The molecule has 9 heteroatoms. The van der Waals surface area contributed by atoms with Gasteiger partial charge in [0.05, 0.1) is 5.92 Å². The highest BCUT2D eigenvalue weighted by molar-refractivity contribution is 8.05. The summed E-state index contributed by atoms with van der Waals surface area (Å²) in [7, 11) is -3.72. The molecule has 2 heterocycles. The number of aromatic nitrogens is 2. The Morgan fingerprint density at radius 2 is 1.81 bits per heavy atom. The van der Waals surface area contributed by atoms with E-state index in [9.17, 15) is 8.42 Å². The van der Waals surface area contributed by atoms with Crippen molar-refractivity contribution in [3.05, 3.63) is 71.1 Å². The first-order valence-corrected chi connectivity index (χ1v) is 10.2. The lowest BCUT2D eigenvalue weighted by molar-refractivity contribution is 0.520. The van der Waals surface area contributed by atoms with E-state index >= 15 is 0 Å². The van der Waals surface area contributed by atoms with E-state index in [-0.39, 0.29) is 22.7 Å². The predicted octanol–water partition coefficient (Wildman–Crippen LogP) is 3.01. The Hall–Kier alpha value is -2.71. The number of hydrogen-bond donors (Lipinski definition) is 1. The summed E-state index contributed by atoms with van der Waals surface area (Å²) in [5.74, 6) is -0.489. The average Bonchev–Trinajstić information content (AvgIpc) is 3.33. The first-order chi connectivity index (χ1) is 13.0. The Kier molecular flexibility index (Phi) is 4.67. The molecule has 0 bridgehead atoms. The van der Waals surface area contributed by atoms with E-state index in [0.29, 0.717) is 17.1 Å². The molecule has 1 aliphatic rings. The van der Waals surface area contributed by atoms with Crippen LogP contribution in [0.4, 0.5) is 0 Å². The Bertz CT molecular complexity index is 1080. The molecule has 27 heavy (non-hydrogen) atoms. The number of hydrogen-bond acceptors (Lipinski definition) is 7. The smallest absolute Gasteiger partial charge is 0.247 e. The lowest BCUT2D eigenvalue weighted by Crippen LogP contribution is -2.23. The SMILES string of the molecule is O=S(=O)(Cc1nnc(-c2ccc(Cl)cc2)o1)C1=NNCC1c1ccccc1. The molecule has 0 fully saturated rings. The minimum Gasteiger partial charge on any atom is -0.420 e. The van der Waals surface area contributed by atoms with Crippen LogP contribution in [0.3, 0.4) is 0 Å². The van der Waals surface area contributed by atoms with E-state index < -0.39 is 15.6 Å². The van der Waals surface area contributed by atoms with Crippen molar-refractivity contribution in [1.29, 1.82) is 0 Å². The fourth-order valence-electron chi connectivity index (χ4n) is 2.87. The van der Waals surface area contributed by atoms with Crippen molar-refractivity contribution < 1.29 is 12.8 Å². The van der Waals surface area contributed by atoms with Gasteiger partial charge in [-0.25, -0.2) is 8.42 Å². The molecule has 1 aliphatic heterocycles. The Balaban J connectivity index is 1.56. The van der Waals surface area contributed by atoms with Gasteiger partial charge < -0.3 is 9.84 Å². The number of nitrogens with one attached hydrogen (secondary N) is 1. The van der Waals surface area contributed by atoms with E-state index in [1.54, 1.807) is 24.3 Å². The number of sulfone groups is 1. The molecule has 1 N–H and O–H groups in total. The summed E-state index contributed by atoms with van der Waals surface area (Å²) >= 11 is 5.86. The van der Waals surface area contributed by atoms with E-state index in [2.05, 4.69) is 20.7 Å². The zero-order valence-corrected chi connectivity index (χ0v) is 15.6. The second-order valence-electron chi connectivity index (χ2n) is 6.04. The first-order valence-electron chi connectivity index (χ1n) is 8.19. The van der Waals surface area contributed by atoms with Gasteiger partial charge in [-0.05, 0) is 29.8 Å². The maximum absolute atomic E-state index is 12.9. The van der Waals surface area contributed by atoms with Gasteiger partial charge in [-0.2, -0.15) is 5.10 Å². The van der Waals surface area contributed by atoms with Crippen LogP contribution in [-0.4, -0.2) is 30.2 Å². The zero-order chi connectivity index (χ0) is 18.9. The molecule has 0 saturated carbocycles. The largest absolute Gasteiger partial charge is 0.420 e.